The standard InChI is InChI=1S/C46H38O2/c1-5-16-39(17-6-1)43-25-37(26-44(29-43)40-18-7-2-8-19-40)33-47-31-35-14-13-15-36(24-35)32-48-34-38-27-45(41-20-9-3-10-21-41)30-46(28-38)42-22-11-4-12-23-42/h1-30H,31-34H2. The number of hydrogen-bond acceptors (Lipinski definition) is 2. The Kier molecular flexibility index (Phi) is 9.95. The van der Waals surface area contributed by atoms with E-state index < -0.39 is 0 Å². The molecule has 0 spiro atoms. The first-order chi connectivity index (χ1) is 23.8. The summed E-state index contributed by atoms with van der Waals surface area (Å²) in [6.07, 6.45) is 0. The molecule has 7 rings (SSSR count). The Balaban J connectivity index is 1.01. The molecule has 0 aliphatic rings. The second kappa shape index (κ2) is 15.4. The quantitative estimate of drug-likeness (QED) is 0.135. The summed E-state index contributed by atoms with van der Waals surface area (Å²) in [5.41, 5.74) is 14.2. The van der Waals surface area contributed by atoms with Gasteiger partial charge in [-0.15, -0.1) is 0 Å². The van der Waals surface area contributed by atoms with Crippen LogP contribution in [0, 0.1) is 0 Å². The van der Waals surface area contributed by atoms with Gasteiger partial charge in [-0.2, -0.15) is 0 Å². The highest BCUT2D eigenvalue weighted by Gasteiger charge is 2.08. The van der Waals surface area contributed by atoms with Crippen molar-refractivity contribution in [2.45, 2.75) is 26.4 Å². The van der Waals surface area contributed by atoms with Crippen LogP contribution in [0.2, 0.25) is 0 Å². The van der Waals surface area contributed by atoms with E-state index in [1.54, 1.807) is 0 Å². The molecule has 0 saturated carbocycles. The lowest BCUT2D eigenvalue weighted by atomic mass is 9.96. The van der Waals surface area contributed by atoms with Crippen molar-refractivity contribution < 1.29 is 9.47 Å². The van der Waals surface area contributed by atoms with Gasteiger partial charge in [0.15, 0.2) is 0 Å². The predicted octanol–water partition coefficient (Wildman–Crippen LogP) is 11.8. The maximum Gasteiger partial charge on any atom is 0.0721 e. The third kappa shape index (κ3) is 8.05. The first-order valence-corrected chi connectivity index (χ1v) is 16.5. The Morgan fingerprint density at radius 3 is 0.833 bits per heavy atom. The van der Waals surface area contributed by atoms with Crippen molar-refractivity contribution in [3.63, 3.8) is 0 Å². The van der Waals surface area contributed by atoms with Crippen LogP contribution in [0.1, 0.15) is 22.3 Å². The zero-order valence-corrected chi connectivity index (χ0v) is 27.0. The number of ether oxygens (including phenoxy) is 2. The fraction of sp³-hybridized carbons (Fsp3) is 0.0870. The molecule has 0 aliphatic heterocycles. The van der Waals surface area contributed by atoms with Crippen molar-refractivity contribution in [1.29, 1.82) is 0 Å². The van der Waals surface area contributed by atoms with Crippen molar-refractivity contribution in [3.8, 4) is 44.5 Å². The van der Waals surface area contributed by atoms with E-state index >= 15 is 0 Å². The van der Waals surface area contributed by atoms with Crippen molar-refractivity contribution in [1.82, 2.24) is 0 Å². The van der Waals surface area contributed by atoms with Crippen LogP contribution < -0.4 is 0 Å². The third-order valence-corrected chi connectivity index (χ3v) is 8.48. The smallest absolute Gasteiger partial charge is 0.0721 e. The van der Waals surface area contributed by atoms with Crippen molar-refractivity contribution >= 4 is 0 Å². The van der Waals surface area contributed by atoms with E-state index in [1.165, 1.54) is 44.5 Å². The topological polar surface area (TPSA) is 18.5 Å². The van der Waals surface area contributed by atoms with Crippen molar-refractivity contribution in [2.24, 2.45) is 0 Å². The van der Waals surface area contributed by atoms with Gasteiger partial charge in [0.1, 0.15) is 0 Å². The molecule has 0 saturated heterocycles. The van der Waals surface area contributed by atoms with Gasteiger partial charge in [0, 0.05) is 0 Å². The van der Waals surface area contributed by atoms with Crippen LogP contribution in [0.4, 0.5) is 0 Å². The molecule has 0 bridgehead atoms. The summed E-state index contributed by atoms with van der Waals surface area (Å²) in [7, 11) is 0. The number of benzene rings is 7. The van der Waals surface area contributed by atoms with E-state index in [4.69, 9.17) is 9.47 Å². The lowest BCUT2D eigenvalue weighted by Crippen LogP contribution is -1.98. The molecular weight excluding hydrogens is 585 g/mol. The van der Waals surface area contributed by atoms with E-state index in [1.807, 2.05) is 0 Å². The van der Waals surface area contributed by atoms with Gasteiger partial charge < -0.3 is 9.47 Å². The second-order valence-corrected chi connectivity index (χ2v) is 12.1. The Labute approximate surface area is 283 Å². The van der Waals surface area contributed by atoms with Crippen LogP contribution in [-0.2, 0) is 35.9 Å². The molecule has 2 nitrogen and oxygen atoms in total. The van der Waals surface area contributed by atoms with E-state index in [2.05, 4.69) is 182 Å². The summed E-state index contributed by atoms with van der Waals surface area (Å²) in [6.45, 7) is 2.12. The van der Waals surface area contributed by atoms with Gasteiger partial charge in [-0.25, -0.2) is 0 Å². The highest BCUT2D eigenvalue weighted by atomic mass is 16.5. The zero-order valence-electron chi connectivity index (χ0n) is 27.0. The lowest BCUT2D eigenvalue weighted by Gasteiger charge is -2.13. The summed E-state index contributed by atoms with van der Waals surface area (Å²) in [4.78, 5) is 0. The van der Waals surface area contributed by atoms with Crippen LogP contribution in [0.5, 0.6) is 0 Å². The van der Waals surface area contributed by atoms with E-state index in [9.17, 15) is 0 Å². The highest BCUT2D eigenvalue weighted by molar-refractivity contribution is 5.75. The zero-order chi connectivity index (χ0) is 32.4. The molecule has 48 heavy (non-hydrogen) atoms. The molecule has 7 aromatic rings. The highest BCUT2D eigenvalue weighted by Crippen LogP contribution is 2.30. The Morgan fingerprint density at radius 1 is 0.229 bits per heavy atom. The van der Waals surface area contributed by atoms with Gasteiger partial charge in [0.2, 0.25) is 0 Å². The molecule has 0 amide bonds. The van der Waals surface area contributed by atoms with Crippen LogP contribution in [-0.4, -0.2) is 0 Å². The number of hydrogen-bond donors (Lipinski definition) is 0. The SMILES string of the molecule is c1ccc(-c2cc(COCc3cccc(COCc4cc(-c5ccccc5)cc(-c5ccccc5)c4)c3)cc(-c3ccccc3)c2)cc1. The summed E-state index contributed by atoms with van der Waals surface area (Å²) < 4.78 is 12.6. The summed E-state index contributed by atoms with van der Waals surface area (Å²) in [5, 5.41) is 0. The van der Waals surface area contributed by atoms with E-state index in [-0.39, 0.29) is 0 Å². The maximum atomic E-state index is 6.29. The van der Waals surface area contributed by atoms with Gasteiger partial charge in [-0.05, 0) is 103 Å². The van der Waals surface area contributed by atoms with Gasteiger partial charge in [0.05, 0.1) is 26.4 Å². The largest absolute Gasteiger partial charge is 0.372 e. The maximum absolute atomic E-state index is 6.29. The minimum atomic E-state index is 0.530. The van der Waals surface area contributed by atoms with E-state index in [0.717, 1.165) is 22.3 Å². The predicted molar refractivity (Wildman–Crippen MR) is 198 cm³/mol. The lowest BCUT2D eigenvalue weighted by molar-refractivity contribution is 0.103. The molecule has 0 radical (unpaired) electrons. The van der Waals surface area contributed by atoms with Gasteiger partial charge in [-0.3, -0.25) is 0 Å². The Hall–Kier alpha value is -5.54. The van der Waals surface area contributed by atoms with Crippen LogP contribution in [0.15, 0.2) is 182 Å². The molecule has 234 valence electrons. The van der Waals surface area contributed by atoms with Crippen LogP contribution in [0.3, 0.4) is 0 Å². The average Bonchev–Trinajstić information content (AvgIpc) is 3.16. The molecule has 0 unspecified atom stereocenters. The molecular formula is C46H38O2. The normalized spacial score (nSPS) is 11.0. The molecule has 0 aromatic heterocycles. The second-order valence-electron chi connectivity index (χ2n) is 12.1. The minimum Gasteiger partial charge on any atom is -0.372 e. The van der Waals surface area contributed by atoms with Crippen molar-refractivity contribution in [2.75, 3.05) is 0 Å². The Morgan fingerprint density at radius 2 is 0.521 bits per heavy atom. The first-order valence-electron chi connectivity index (χ1n) is 16.5. The Bertz CT molecular complexity index is 1790. The van der Waals surface area contributed by atoms with Crippen LogP contribution in [0.25, 0.3) is 44.5 Å². The molecule has 7 aromatic carbocycles. The molecule has 0 atom stereocenters. The van der Waals surface area contributed by atoms with Gasteiger partial charge in [-0.1, -0.05) is 146 Å². The average molecular weight is 623 g/mol. The first kappa shape index (κ1) is 31.1. The molecule has 0 aliphatic carbocycles. The molecule has 2 heteroatoms. The summed E-state index contributed by atoms with van der Waals surface area (Å²) in [6, 6.07) is 64.1. The summed E-state index contributed by atoms with van der Waals surface area (Å²) in [5.74, 6) is 0. The monoisotopic (exact) mass is 622 g/mol. The molecule has 0 heterocycles. The van der Waals surface area contributed by atoms with Crippen molar-refractivity contribution in [3.05, 3.63) is 204 Å². The number of rotatable bonds is 12. The van der Waals surface area contributed by atoms with Gasteiger partial charge >= 0.3 is 0 Å². The van der Waals surface area contributed by atoms with Gasteiger partial charge in [0.25, 0.3) is 0 Å². The van der Waals surface area contributed by atoms with Crippen LogP contribution >= 0.6 is 0 Å². The molecule has 0 fully saturated rings. The fourth-order valence-corrected chi connectivity index (χ4v) is 6.12. The third-order valence-electron chi connectivity index (χ3n) is 8.48. The molecule has 0 N–H and O–H groups in total. The minimum absolute atomic E-state index is 0.530. The van der Waals surface area contributed by atoms with E-state index in [0.29, 0.717) is 26.4 Å². The fourth-order valence-electron chi connectivity index (χ4n) is 6.12. The summed E-state index contributed by atoms with van der Waals surface area (Å²) >= 11 is 0.